The number of aromatic amines is 1. The Morgan fingerprint density at radius 1 is 1.17 bits per heavy atom. The molecule has 0 amide bonds. The molecule has 2 aromatic carbocycles. The fourth-order valence-corrected chi connectivity index (χ4v) is 4.45. The number of aromatic nitrogens is 1. The lowest BCUT2D eigenvalue weighted by molar-refractivity contribution is 0.581. The van der Waals surface area contributed by atoms with Crippen LogP contribution in [0.4, 0.5) is 4.39 Å². The molecule has 0 atom stereocenters. The van der Waals surface area contributed by atoms with E-state index in [2.05, 4.69) is 25.6 Å². The molecule has 0 spiro atoms. The highest BCUT2D eigenvalue weighted by atomic mass is 79.9. The number of rotatable bonds is 5. The van der Waals surface area contributed by atoms with Crippen LogP contribution in [0.3, 0.4) is 0 Å². The van der Waals surface area contributed by atoms with E-state index in [9.17, 15) is 12.8 Å². The van der Waals surface area contributed by atoms with Gasteiger partial charge in [0.05, 0.1) is 4.90 Å². The topological polar surface area (TPSA) is 62.0 Å². The van der Waals surface area contributed by atoms with Crippen LogP contribution < -0.4 is 4.72 Å². The maximum atomic E-state index is 13.3. The maximum Gasteiger partial charge on any atom is 0.241 e. The van der Waals surface area contributed by atoms with E-state index >= 15 is 0 Å². The van der Waals surface area contributed by atoms with Crippen LogP contribution >= 0.6 is 15.9 Å². The summed E-state index contributed by atoms with van der Waals surface area (Å²) in [5, 5.41) is 0.769. The number of benzene rings is 2. The molecular formula is C16H14BrFN2O2S. The van der Waals surface area contributed by atoms with E-state index in [1.165, 1.54) is 18.2 Å². The number of halogens is 2. The number of hydrogen-bond acceptors (Lipinski definition) is 2. The quantitative estimate of drug-likeness (QED) is 0.691. The van der Waals surface area contributed by atoms with Crippen molar-refractivity contribution in [2.24, 2.45) is 0 Å². The summed E-state index contributed by atoms with van der Waals surface area (Å²) in [5.41, 5.74) is 1.70. The molecule has 0 aliphatic rings. The second-order valence-corrected chi connectivity index (χ2v) is 7.67. The van der Waals surface area contributed by atoms with Gasteiger partial charge in [-0.3, -0.25) is 0 Å². The van der Waals surface area contributed by atoms with Gasteiger partial charge in [-0.1, -0.05) is 12.1 Å². The largest absolute Gasteiger partial charge is 0.361 e. The molecule has 0 fully saturated rings. The minimum atomic E-state index is -3.59. The summed E-state index contributed by atoms with van der Waals surface area (Å²) in [7, 11) is -3.59. The first kappa shape index (κ1) is 16.2. The van der Waals surface area contributed by atoms with Crippen molar-refractivity contribution in [1.29, 1.82) is 0 Å². The predicted molar refractivity (Wildman–Crippen MR) is 91.3 cm³/mol. The van der Waals surface area contributed by atoms with Gasteiger partial charge in [-0.2, -0.15) is 0 Å². The van der Waals surface area contributed by atoms with E-state index in [1.807, 2.05) is 0 Å². The average molecular weight is 397 g/mol. The van der Waals surface area contributed by atoms with Crippen LogP contribution in [0.25, 0.3) is 10.9 Å². The van der Waals surface area contributed by atoms with Crippen LogP contribution in [0.1, 0.15) is 5.56 Å². The van der Waals surface area contributed by atoms with Gasteiger partial charge in [0.25, 0.3) is 0 Å². The van der Waals surface area contributed by atoms with Gasteiger partial charge in [0.2, 0.25) is 10.0 Å². The molecular weight excluding hydrogens is 383 g/mol. The third-order valence-electron chi connectivity index (χ3n) is 3.54. The summed E-state index contributed by atoms with van der Waals surface area (Å²) in [5.74, 6) is -0.313. The SMILES string of the molecule is O=S(=O)(NCCc1c[nH]c2ccc(F)cc12)c1ccccc1Br. The van der Waals surface area contributed by atoms with Crippen LogP contribution in [-0.4, -0.2) is 19.9 Å². The van der Waals surface area contributed by atoms with Crippen LogP contribution in [-0.2, 0) is 16.4 Å². The Morgan fingerprint density at radius 3 is 2.74 bits per heavy atom. The zero-order valence-corrected chi connectivity index (χ0v) is 14.4. The van der Waals surface area contributed by atoms with Gasteiger partial charge in [0, 0.05) is 28.1 Å². The molecule has 7 heteroatoms. The van der Waals surface area contributed by atoms with E-state index in [1.54, 1.807) is 30.5 Å². The minimum Gasteiger partial charge on any atom is -0.361 e. The monoisotopic (exact) mass is 396 g/mol. The van der Waals surface area contributed by atoms with E-state index in [0.717, 1.165) is 16.5 Å². The number of hydrogen-bond donors (Lipinski definition) is 2. The Bertz CT molecular complexity index is 954. The van der Waals surface area contributed by atoms with Gasteiger partial charge >= 0.3 is 0 Å². The Labute approximate surface area is 141 Å². The number of nitrogens with one attached hydrogen (secondary N) is 2. The normalized spacial score (nSPS) is 11.9. The molecule has 4 nitrogen and oxygen atoms in total. The second kappa shape index (κ2) is 6.43. The summed E-state index contributed by atoms with van der Waals surface area (Å²) in [6.07, 6.45) is 2.24. The predicted octanol–water partition coefficient (Wildman–Crippen LogP) is 3.59. The molecule has 23 heavy (non-hydrogen) atoms. The number of fused-ring (bicyclic) bond motifs is 1. The van der Waals surface area contributed by atoms with Crippen LogP contribution in [0.5, 0.6) is 0 Å². The Morgan fingerprint density at radius 2 is 1.96 bits per heavy atom. The standard InChI is InChI=1S/C16H14BrFN2O2S/c17-14-3-1-2-4-16(14)23(21,22)20-8-7-11-10-19-15-6-5-12(18)9-13(11)15/h1-6,9-10,19-20H,7-8H2. The molecule has 2 N–H and O–H groups in total. The smallest absolute Gasteiger partial charge is 0.241 e. The summed E-state index contributed by atoms with van der Waals surface area (Å²) in [6, 6.07) is 11.1. The highest BCUT2D eigenvalue weighted by molar-refractivity contribution is 9.10. The first-order valence-electron chi connectivity index (χ1n) is 6.97. The lowest BCUT2D eigenvalue weighted by Gasteiger charge is -2.08. The molecule has 1 heterocycles. The van der Waals surface area contributed by atoms with Crippen LogP contribution in [0.15, 0.2) is 58.0 Å². The summed E-state index contributed by atoms with van der Waals surface area (Å²) in [6.45, 7) is 0.229. The maximum absolute atomic E-state index is 13.3. The molecule has 3 aromatic rings. The van der Waals surface area contributed by atoms with Crippen molar-refractivity contribution in [3.05, 3.63) is 64.5 Å². The Kier molecular flexibility index (Phi) is 4.52. The number of H-pyrrole nitrogens is 1. The zero-order chi connectivity index (χ0) is 16.4. The van der Waals surface area contributed by atoms with Crippen molar-refractivity contribution in [3.8, 4) is 0 Å². The second-order valence-electron chi connectivity index (χ2n) is 5.08. The third kappa shape index (κ3) is 3.46. The molecule has 0 radical (unpaired) electrons. The van der Waals surface area contributed by atoms with Crippen molar-refractivity contribution in [2.45, 2.75) is 11.3 Å². The molecule has 120 valence electrons. The van der Waals surface area contributed by atoms with Gasteiger partial charge in [-0.05, 0) is 58.2 Å². The minimum absolute atomic E-state index is 0.199. The van der Waals surface area contributed by atoms with Gasteiger partial charge < -0.3 is 4.98 Å². The zero-order valence-electron chi connectivity index (χ0n) is 12.0. The first-order chi connectivity index (χ1) is 11.0. The highest BCUT2D eigenvalue weighted by Crippen LogP contribution is 2.22. The van der Waals surface area contributed by atoms with E-state index < -0.39 is 10.0 Å². The molecule has 0 aliphatic heterocycles. The fraction of sp³-hybridized carbons (Fsp3) is 0.125. The van der Waals surface area contributed by atoms with E-state index in [0.29, 0.717) is 10.9 Å². The number of sulfonamides is 1. The summed E-state index contributed by atoms with van der Waals surface area (Å²) < 4.78 is 41.0. The van der Waals surface area contributed by atoms with Crippen molar-refractivity contribution in [2.75, 3.05) is 6.54 Å². The molecule has 3 rings (SSSR count). The van der Waals surface area contributed by atoms with Gasteiger partial charge in [0.15, 0.2) is 0 Å². The van der Waals surface area contributed by atoms with Crippen LogP contribution in [0, 0.1) is 5.82 Å². The highest BCUT2D eigenvalue weighted by Gasteiger charge is 2.16. The Hall–Kier alpha value is -1.70. The van der Waals surface area contributed by atoms with Gasteiger partial charge in [-0.15, -0.1) is 0 Å². The van der Waals surface area contributed by atoms with E-state index in [-0.39, 0.29) is 17.3 Å². The molecule has 0 unspecified atom stereocenters. The van der Waals surface area contributed by atoms with Crippen molar-refractivity contribution in [1.82, 2.24) is 9.71 Å². The Balaban J connectivity index is 1.74. The molecule has 0 saturated carbocycles. The molecule has 1 aromatic heterocycles. The first-order valence-corrected chi connectivity index (χ1v) is 9.25. The average Bonchev–Trinajstić information content (AvgIpc) is 2.90. The van der Waals surface area contributed by atoms with Gasteiger partial charge in [-0.25, -0.2) is 17.5 Å². The summed E-state index contributed by atoms with van der Waals surface area (Å²) in [4.78, 5) is 3.25. The van der Waals surface area contributed by atoms with Crippen molar-refractivity contribution in [3.63, 3.8) is 0 Å². The molecule has 0 saturated heterocycles. The van der Waals surface area contributed by atoms with Crippen molar-refractivity contribution >= 4 is 36.9 Å². The fourth-order valence-electron chi connectivity index (χ4n) is 2.42. The van der Waals surface area contributed by atoms with E-state index in [4.69, 9.17) is 0 Å². The van der Waals surface area contributed by atoms with Crippen LogP contribution in [0.2, 0.25) is 0 Å². The third-order valence-corrected chi connectivity index (χ3v) is 6.02. The summed E-state index contributed by atoms with van der Waals surface area (Å²) >= 11 is 3.24. The molecule has 0 aliphatic carbocycles. The van der Waals surface area contributed by atoms with Crippen molar-refractivity contribution < 1.29 is 12.8 Å². The molecule has 0 bridgehead atoms. The lowest BCUT2D eigenvalue weighted by Crippen LogP contribution is -2.26. The lowest BCUT2D eigenvalue weighted by atomic mass is 10.1. The van der Waals surface area contributed by atoms with Gasteiger partial charge in [0.1, 0.15) is 5.82 Å².